The SMILES string of the molecule is Cc1nnc(NC(=O)NC2CCN(c3ncccn3)CC2)s1. The van der Waals surface area contributed by atoms with Crippen molar-refractivity contribution in [3.05, 3.63) is 23.5 Å². The summed E-state index contributed by atoms with van der Waals surface area (Å²) in [5, 5.41) is 14.8. The molecule has 0 radical (unpaired) electrons. The number of carbonyl (C=O) groups is 1. The number of piperidine rings is 1. The molecule has 2 aromatic heterocycles. The normalized spacial score (nSPS) is 15.6. The molecule has 0 aliphatic carbocycles. The second-order valence-corrected chi connectivity index (χ2v) is 6.22. The van der Waals surface area contributed by atoms with E-state index in [0.29, 0.717) is 5.13 Å². The lowest BCUT2D eigenvalue weighted by Gasteiger charge is -2.32. The molecule has 2 N–H and O–H groups in total. The summed E-state index contributed by atoms with van der Waals surface area (Å²) in [6, 6.07) is 1.72. The Morgan fingerprint density at radius 1 is 1.27 bits per heavy atom. The van der Waals surface area contributed by atoms with E-state index < -0.39 is 0 Å². The van der Waals surface area contributed by atoms with Crippen molar-refractivity contribution < 1.29 is 4.79 Å². The predicted molar refractivity (Wildman–Crippen MR) is 84.1 cm³/mol. The molecule has 2 amide bonds. The quantitative estimate of drug-likeness (QED) is 0.888. The van der Waals surface area contributed by atoms with Gasteiger partial charge in [-0.2, -0.15) is 0 Å². The molecule has 9 heteroatoms. The summed E-state index contributed by atoms with van der Waals surface area (Å²) in [4.78, 5) is 22.5. The Morgan fingerprint density at radius 3 is 2.64 bits per heavy atom. The van der Waals surface area contributed by atoms with Crippen LogP contribution in [0.5, 0.6) is 0 Å². The summed E-state index contributed by atoms with van der Waals surface area (Å²) in [6.07, 6.45) is 5.20. The third-order valence-corrected chi connectivity index (χ3v) is 4.17. The van der Waals surface area contributed by atoms with Crippen molar-refractivity contribution in [2.24, 2.45) is 0 Å². The number of amides is 2. The highest BCUT2D eigenvalue weighted by Crippen LogP contribution is 2.16. The van der Waals surface area contributed by atoms with E-state index in [9.17, 15) is 4.79 Å². The molecule has 1 aliphatic heterocycles. The highest BCUT2D eigenvalue weighted by Gasteiger charge is 2.22. The van der Waals surface area contributed by atoms with Crippen LogP contribution in [0, 0.1) is 6.92 Å². The zero-order valence-electron chi connectivity index (χ0n) is 12.2. The first kappa shape index (κ1) is 14.6. The Labute approximate surface area is 132 Å². The fraction of sp³-hybridized carbons (Fsp3) is 0.462. The molecule has 0 saturated carbocycles. The lowest BCUT2D eigenvalue weighted by atomic mass is 10.1. The zero-order valence-corrected chi connectivity index (χ0v) is 13.0. The molecule has 22 heavy (non-hydrogen) atoms. The van der Waals surface area contributed by atoms with Crippen molar-refractivity contribution in [3.63, 3.8) is 0 Å². The van der Waals surface area contributed by atoms with E-state index in [4.69, 9.17) is 0 Å². The van der Waals surface area contributed by atoms with Crippen molar-refractivity contribution >= 4 is 28.4 Å². The van der Waals surface area contributed by atoms with E-state index in [1.165, 1.54) is 11.3 Å². The fourth-order valence-corrected chi connectivity index (χ4v) is 2.93. The fourth-order valence-electron chi connectivity index (χ4n) is 2.34. The first-order chi connectivity index (χ1) is 10.7. The highest BCUT2D eigenvalue weighted by molar-refractivity contribution is 7.15. The second-order valence-electron chi connectivity index (χ2n) is 5.03. The van der Waals surface area contributed by atoms with E-state index in [2.05, 4.69) is 35.7 Å². The lowest BCUT2D eigenvalue weighted by molar-refractivity contribution is 0.246. The lowest BCUT2D eigenvalue weighted by Crippen LogP contribution is -2.46. The van der Waals surface area contributed by atoms with Gasteiger partial charge >= 0.3 is 6.03 Å². The number of carbonyl (C=O) groups excluding carboxylic acids is 1. The molecular formula is C13H17N7OS. The van der Waals surface area contributed by atoms with Crippen LogP contribution in [0.2, 0.25) is 0 Å². The zero-order chi connectivity index (χ0) is 15.4. The number of aryl methyl sites for hydroxylation is 1. The average molecular weight is 319 g/mol. The summed E-state index contributed by atoms with van der Waals surface area (Å²) in [6.45, 7) is 3.50. The standard InChI is InChI=1S/C13H17N7OS/c1-9-18-19-13(22-9)17-12(21)16-10-3-7-20(8-4-10)11-14-5-2-6-15-11/h2,5-6,10H,3-4,7-8H2,1H3,(H2,16,17,19,21). The van der Waals surface area contributed by atoms with Gasteiger partial charge in [0.2, 0.25) is 11.1 Å². The van der Waals surface area contributed by atoms with E-state index in [-0.39, 0.29) is 12.1 Å². The molecule has 116 valence electrons. The van der Waals surface area contributed by atoms with E-state index in [0.717, 1.165) is 36.9 Å². The Balaban J connectivity index is 1.46. The van der Waals surface area contributed by atoms with Crippen molar-refractivity contribution in [1.82, 2.24) is 25.5 Å². The molecule has 1 fully saturated rings. The summed E-state index contributed by atoms with van der Waals surface area (Å²) < 4.78 is 0. The van der Waals surface area contributed by atoms with E-state index in [1.807, 2.05) is 6.92 Å². The monoisotopic (exact) mass is 319 g/mol. The van der Waals surface area contributed by atoms with Gasteiger partial charge in [-0.1, -0.05) is 11.3 Å². The van der Waals surface area contributed by atoms with Crippen LogP contribution >= 0.6 is 11.3 Å². The Morgan fingerprint density at radius 2 is 2.00 bits per heavy atom. The second kappa shape index (κ2) is 6.65. The van der Waals surface area contributed by atoms with Gasteiger partial charge in [-0.15, -0.1) is 10.2 Å². The highest BCUT2D eigenvalue weighted by atomic mass is 32.1. The number of nitrogens with one attached hydrogen (secondary N) is 2. The Kier molecular flexibility index (Phi) is 4.42. The third kappa shape index (κ3) is 3.67. The van der Waals surface area contributed by atoms with Crippen molar-refractivity contribution in [2.75, 3.05) is 23.3 Å². The number of rotatable bonds is 3. The molecular weight excluding hydrogens is 302 g/mol. The first-order valence-electron chi connectivity index (χ1n) is 7.10. The molecule has 0 bridgehead atoms. The summed E-state index contributed by atoms with van der Waals surface area (Å²) >= 11 is 1.36. The van der Waals surface area contributed by atoms with Crippen LogP contribution in [-0.2, 0) is 0 Å². The van der Waals surface area contributed by atoms with Crippen LogP contribution in [0.3, 0.4) is 0 Å². The summed E-state index contributed by atoms with van der Waals surface area (Å²) in [7, 11) is 0. The number of hydrogen-bond donors (Lipinski definition) is 2. The molecule has 1 aliphatic rings. The van der Waals surface area contributed by atoms with Crippen molar-refractivity contribution in [3.8, 4) is 0 Å². The number of hydrogen-bond acceptors (Lipinski definition) is 7. The summed E-state index contributed by atoms with van der Waals surface area (Å²) in [5.41, 5.74) is 0. The predicted octanol–water partition coefficient (Wildman–Crippen LogP) is 1.43. The van der Waals surface area contributed by atoms with Gasteiger partial charge in [0.05, 0.1) is 0 Å². The Bertz CT molecular complexity index is 624. The van der Waals surface area contributed by atoms with Crippen LogP contribution in [0.1, 0.15) is 17.8 Å². The number of aromatic nitrogens is 4. The van der Waals surface area contributed by atoms with Gasteiger partial charge in [0, 0.05) is 31.5 Å². The van der Waals surface area contributed by atoms with Gasteiger partial charge in [0.15, 0.2) is 0 Å². The maximum absolute atomic E-state index is 11.9. The number of nitrogens with zero attached hydrogens (tertiary/aromatic N) is 5. The number of anilines is 2. The molecule has 0 aromatic carbocycles. The van der Waals surface area contributed by atoms with Gasteiger partial charge in [-0.05, 0) is 25.8 Å². The molecule has 0 spiro atoms. The minimum absolute atomic E-state index is 0.147. The number of urea groups is 1. The molecule has 3 heterocycles. The smallest absolute Gasteiger partial charge is 0.321 e. The molecule has 1 saturated heterocycles. The van der Waals surface area contributed by atoms with Crippen LogP contribution in [0.4, 0.5) is 15.9 Å². The maximum atomic E-state index is 11.9. The maximum Gasteiger partial charge on any atom is 0.321 e. The topological polar surface area (TPSA) is 95.9 Å². The third-order valence-electron chi connectivity index (χ3n) is 3.41. The molecule has 3 rings (SSSR count). The minimum Gasteiger partial charge on any atom is -0.341 e. The van der Waals surface area contributed by atoms with Crippen molar-refractivity contribution in [2.45, 2.75) is 25.8 Å². The van der Waals surface area contributed by atoms with Gasteiger partial charge in [0.25, 0.3) is 0 Å². The minimum atomic E-state index is -0.231. The Hall–Kier alpha value is -2.29. The van der Waals surface area contributed by atoms with Gasteiger partial charge < -0.3 is 10.2 Å². The van der Waals surface area contributed by atoms with Crippen LogP contribution in [-0.4, -0.2) is 45.3 Å². The van der Waals surface area contributed by atoms with Gasteiger partial charge in [-0.25, -0.2) is 14.8 Å². The van der Waals surface area contributed by atoms with Crippen LogP contribution in [0.25, 0.3) is 0 Å². The summed E-state index contributed by atoms with van der Waals surface area (Å²) in [5.74, 6) is 0.745. The molecule has 0 unspecified atom stereocenters. The molecule has 2 aromatic rings. The van der Waals surface area contributed by atoms with E-state index in [1.54, 1.807) is 18.5 Å². The van der Waals surface area contributed by atoms with Crippen molar-refractivity contribution in [1.29, 1.82) is 0 Å². The largest absolute Gasteiger partial charge is 0.341 e. The molecule has 0 atom stereocenters. The molecule has 8 nitrogen and oxygen atoms in total. The first-order valence-corrected chi connectivity index (χ1v) is 7.92. The van der Waals surface area contributed by atoms with E-state index >= 15 is 0 Å². The van der Waals surface area contributed by atoms with Crippen LogP contribution in [0.15, 0.2) is 18.5 Å². The average Bonchev–Trinajstić information content (AvgIpc) is 2.94. The van der Waals surface area contributed by atoms with Gasteiger partial charge in [-0.3, -0.25) is 5.32 Å². The van der Waals surface area contributed by atoms with Crippen LogP contribution < -0.4 is 15.5 Å². The van der Waals surface area contributed by atoms with Gasteiger partial charge in [0.1, 0.15) is 5.01 Å².